The van der Waals surface area contributed by atoms with Crippen molar-refractivity contribution in [2.75, 3.05) is 45.8 Å². The Morgan fingerprint density at radius 1 is 1.00 bits per heavy atom. The van der Waals surface area contributed by atoms with Crippen molar-refractivity contribution >= 4 is 11.8 Å². The van der Waals surface area contributed by atoms with E-state index in [0.717, 1.165) is 52.2 Å². The van der Waals surface area contributed by atoms with Gasteiger partial charge in [0.2, 0.25) is 11.8 Å². The number of likely N-dealkylation sites (tertiary alicyclic amines) is 1. The van der Waals surface area contributed by atoms with E-state index in [1.165, 1.54) is 6.42 Å². The molecule has 0 aromatic heterocycles. The monoisotopic (exact) mass is 309 g/mol. The van der Waals surface area contributed by atoms with Crippen LogP contribution in [0, 0.1) is 11.3 Å². The van der Waals surface area contributed by atoms with Crippen molar-refractivity contribution < 1.29 is 9.59 Å². The van der Waals surface area contributed by atoms with Crippen LogP contribution in [0.25, 0.3) is 0 Å². The second-order valence-electron chi connectivity index (χ2n) is 7.35. The molecule has 22 heavy (non-hydrogen) atoms. The average Bonchev–Trinajstić information content (AvgIpc) is 2.53. The molecule has 2 saturated heterocycles. The quantitative estimate of drug-likeness (QED) is 0.741. The van der Waals surface area contributed by atoms with E-state index in [1.807, 2.05) is 9.80 Å². The number of carbonyl (C=O) groups is 2. The minimum absolute atomic E-state index is 0.00183. The van der Waals surface area contributed by atoms with E-state index < -0.39 is 5.41 Å². The molecule has 5 nitrogen and oxygen atoms in total. The maximum Gasteiger partial charge on any atom is 0.237 e. The molecule has 2 aliphatic rings. The highest BCUT2D eigenvalue weighted by molar-refractivity contribution is 6.04. The van der Waals surface area contributed by atoms with E-state index in [2.05, 4.69) is 18.7 Å². The van der Waals surface area contributed by atoms with E-state index in [1.54, 1.807) is 13.8 Å². The highest BCUT2D eigenvalue weighted by Gasteiger charge is 2.42. The van der Waals surface area contributed by atoms with Gasteiger partial charge in [-0.2, -0.15) is 0 Å². The van der Waals surface area contributed by atoms with Crippen molar-refractivity contribution in [2.24, 2.45) is 11.3 Å². The molecular formula is C17H31N3O2. The largest absolute Gasteiger partial charge is 0.342 e. The Kier molecular flexibility index (Phi) is 5.48. The van der Waals surface area contributed by atoms with Crippen LogP contribution < -0.4 is 0 Å². The summed E-state index contributed by atoms with van der Waals surface area (Å²) in [7, 11) is 0. The lowest BCUT2D eigenvalue weighted by Gasteiger charge is -2.40. The second-order valence-corrected chi connectivity index (χ2v) is 7.35. The third kappa shape index (κ3) is 3.62. The molecule has 0 aromatic rings. The van der Waals surface area contributed by atoms with Gasteiger partial charge in [-0.25, -0.2) is 0 Å². The predicted octanol–water partition coefficient (Wildman–Crippen LogP) is 1.44. The van der Waals surface area contributed by atoms with Crippen LogP contribution in [0.2, 0.25) is 0 Å². The lowest BCUT2D eigenvalue weighted by Crippen LogP contribution is -2.56. The van der Waals surface area contributed by atoms with Crippen LogP contribution in [0.1, 0.15) is 40.5 Å². The van der Waals surface area contributed by atoms with Gasteiger partial charge in [0.1, 0.15) is 5.41 Å². The summed E-state index contributed by atoms with van der Waals surface area (Å²) in [4.78, 5) is 31.8. The number of rotatable bonds is 3. The van der Waals surface area contributed by atoms with Gasteiger partial charge in [-0.15, -0.1) is 0 Å². The minimum Gasteiger partial charge on any atom is -0.342 e. The van der Waals surface area contributed by atoms with E-state index in [0.29, 0.717) is 5.92 Å². The van der Waals surface area contributed by atoms with E-state index in [9.17, 15) is 9.59 Å². The van der Waals surface area contributed by atoms with E-state index in [4.69, 9.17) is 0 Å². The molecule has 1 atom stereocenters. The molecule has 0 aliphatic carbocycles. The second kappa shape index (κ2) is 6.99. The Balaban J connectivity index is 1.99. The van der Waals surface area contributed by atoms with Crippen LogP contribution >= 0.6 is 0 Å². The first-order valence-electron chi connectivity index (χ1n) is 8.67. The van der Waals surface area contributed by atoms with Crippen LogP contribution in [0.3, 0.4) is 0 Å². The molecule has 2 aliphatic heterocycles. The smallest absolute Gasteiger partial charge is 0.237 e. The molecule has 126 valence electrons. The molecule has 2 amide bonds. The fraction of sp³-hybridized carbons (Fsp3) is 0.882. The number of nitrogens with zero attached hydrogens (tertiary/aromatic N) is 3. The van der Waals surface area contributed by atoms with Crippen molar-refractivity contribution in [1.82, 2.24) is 14.7 Å². The van der Waals surface area contributed by atoms with E-state index >= 15 is 0 Å². The maximum atomic E-state index is 12.8. The first kappa shape index (κ1) is 17.3. The number of hydrogen-bond donors (Lipinski definition) is 0. The van der Waals surface area contributed by atoms with Gasteiger partial charge in [0.25, 0.3) is 0 Å². The van der Waals surface area contributed by atoms with Crippen molar-refractivity contribution in [1.29, 1.82) is 0 Å². The Morgan fingerprint density at radius 3 is 2.14 bits per heavy atom. The molecule has 0 N–H and O–H groups in total. The number of hydrogen-bond acceptors (Lipinski definition) is 3. The number of likely N-dealkylation sites (N-methyl/N-ethyl adjacent to an activating group) is 1. The summed E-state index contributed by atoms with van der Waals surface area (Å²) < 4.78 is 0. The first-order chi connectivity index (χ1) is 10.4. The Hall–Kier alpha value is -1.10. The molecule has 2 fully saturated rings. The lowest BCUT2D eigenvalue weighted by molar-refractivity contribution is -0.156. The Labute approximate surface area is 134 Å². The minimum atomic E-state index is -0.939. The van der Waals surface area contributed by atoms with Gasteiger partial charge >= 0.3 is 0 Å². The first-order valence-corrected chi connectivity index (χ1v) is 8.67. The molecule has 2 rings (SSSR count). The summed E-state index contributed by atoms with van der Waals surface area (Å²) in [6.45, 7) is 13.8. The zero-order valence-corrected chi connectivity index (χ0v) is 14.6. The molecule has 1 unspecified atom stereocenters. The van der Waals surface area contributed by atoms with Gasteiger partial charge in [-0.3, -0.25) is 9.59 Å². The van der Waals surface area contributed by atoms with Gasteiger partial charge in [0.15, 0.2) is 0 Å². The molecule has 0 bridgehead atoms. The average molecular weight is 309 g/mol. The van der Waals surface area contributed by atoms with Gasteiger partial charge in [-0.05, 0) is 39.2 Å². The predicted molar refractivity (Wildman–Crippen MR) is 87.5 cm³/mol. The Morgan fingerprint density at radius 2 is 1.59 bits per heavy atom. The number of carbonyl (C=O) groups excluding carboxylic acids is 2. The fourth-order valence-electron chi connectivity index (χ4n) is 3.52. The number of piperazine rings is 1. The SMILES string of the molecule is CCN1CCN(C(=O)C(C)(C)C(=O)N2CCCC(C)C2)CC1. The van der Waals surface area contributed by atoms with Crippen LogP contribution in [-0.2, 0) is 9.59 Å². The maximum absolute atomic E-state index is 12.8. The van der Waals surface area contributed by atoms with Crippen LogP contribution in [0.5, 0.6) is 0 Å². The normalized spacial score (nSPS) is 24.5. The summed E-state index contributed by atoms with van der Waals surface area (Å²) in [6.07, 6.45) is 2.23. The van der Waals surface area contributed by atoms with Crippen molar-refractivity contribution in [3.63, 3.8) is 0 Å². The van der Waals surface area contributed by atoms with Gasteiger partial charge in [0.05, 0.1) is 0 Å². The summed E-state index contributed by atoms with van der Waals surface area (Å²) in [5.74, 6) is 0.533. The molecular weight excluding hydrogens is 278 g/mol. The van der Waals surface area contributed by atoms with Crippen LogP contribution in [0.4, 0.5) is 0 Å². The summed E-state index contributed by atoms with van der Waals surface area (Å²) in [5, 5.41) is 0. The van der Waals surface area contributed by atoms with Crippen molar-refractivity contribution in [2.45, 2.75) is 40.5 Å². The molecule has 0 saturated carbocycles. The highest BCUT2D eigenvalue weighted by atomic mass is 16.2. The van der Waals surface area contributed by atoms with Gasteiger partial charge < -0.3 is 14.7 Å². The molecule has 0 aromatic carbocycles. The zero-order valence-electron chi connectivity index (χ0n) is 14.6. The number of piperidine rings is 1. The van der Waals surface area contributed by atoms with Gasteiger partial charge in [-0.1, -0.05) is 13.8 Å². The summed E-state index contributed by atoms with van der Waals surface area (Å²) >= 11 is 0. The third-order valence-corrected chi connectivity index (χ3v) is 5.12. The third-order valence-electron chi connectivity index (χ3n) is 5.12. The standard InChI is InChI=1S/C17H31N3O2/c1-5-18-9-11-19(12-10-18)15(21)17(3,4)16(22)20-8-6-7-14(2)13-20/h14H,5-13H2,1-4H3. The molecule has 2 heterocycles. The molecule has 0 radical (unpaired) electrons. The van der Waals surface area contributed by atoms with E-state index in [-0.39, 0.29) is 11.8 Å². The van der Waals surface area contributed by atoms with Crippen LogP contribution in [0.15, 0.2) is 0 Å². The van der Waals surface area contributed by atoms with Crippen LogP contribution in [-0.4, -0.2) is 72.3 Å². The van der Waals surface area contributed by atoms with Crippen molar-refractivity contribution in [3.05, 3.63) is 0 Å². The zero-order chi connectivity index (χ0) is 16.3. The molecule has 5 heteroatoms. The molecule has 0 spiro atoms. The van der Waals surface area contributed by atoms with Crippen molar-refractivity contribution in [3.8, 4) is 0 Å². The summed E-state index contributed by atoms with van der Waals surface area (Å²) in [6, 6.07) is 0. The Bertz CT molecular complexity index is 414. The number of amides is 2. The fourth-order valence-corrected chi connectivity index (χ4v) is 3.52. The topological polar surface area (TPSA) is 43.9 Å². The highest BCUT2D eigenvalue weighted by Crippen LogP contribution is 2.26. The summed E-state index contributed by atoms with van der Waals surface area (Å²) in [5.41, 5.74) is -0.939. The van der Waals surface area contributed by atoms with Gasteiger partial charge in [0, 0.05) is 39.3 Å². The lowest BCUT2D eigenvalue weighted by atomic mass is 9.87.